The number of esters is 1. The van der Waals surface area contributed by atoms with Crippen LogP contribution in [0.25, 0.3) is 0 Å². The number of ether oxygens (including phenoxy) is 2. The highest BCUT2D eigenvalue weighted by molar-refractivity contribution is 6.32. The number of amides is 1. The standard InChI is InChI=1S/C18H18ClNO4/c1-11-4-6-13(7-5-11)18(22)24-12(2)17(21)20-14-8-9-16(23-3)15(19)10-14/h4-10,12H,1-3H3,(H,20,21)/t12-/m1/s1. The number of anilines is 1. The van der Waals surface area contributed by atoms with Crippen molar-refractivity contribution in [1.29, 1.82) is 0 Å². The number of aryl methyl sites for hydroxylation is 1. The maximum atomic E-state index is 12.1. The number of halogens is 1. The molecule has 0 fully saturated rings. The molecule has 6 heteroatoms. The van der Waals surface area contributed by atoms with Crippen LogP contribution in [0.15, 0.2) is 42.5 Å². The quantitative estimate of drug-likeness (QED) is 0.834. The molecule has 0 aliphatic heterocycles. The van der Waals surface area contributed by atoms with Crippen LogP contribution in [0.2, 0.25) is 5.02 Å². The third kappa shape index (κ3) is 4.49. The van der Waals surface area contributed by atoms with Crippen molar-refractivity contribution in [3.05, 3.63) is 58.6 Å². The molecule has 0 aliphatic carbocycles. The van der Waals surface area contributed by atoms with E-state index in [1.54, 1.807) is 42.5 Å². The predicted octanol–water partition coefficient (Wildman–Crippen LogP) is 3.84. The summed E-state index contributed by atoms with van der Waals surface area (Å²) in [7, 11) is 1.51. The van der Waals surface area contributed by atoms with Crippen molar-refractivity contribution in [2.45, 2.75) is 20.0 Å². The lowest BCUT2D eigenvalue weighted by molar-refractivity contribution is -0.123. The summed E-state index contributed by atoms with van der Waals surface area (Å²) in [6, 6.07) is 11.8. The molecule has 1 atom stereocenters. The van der Waals surface area contributed by atoms with Crippen LogP contribution < -0.4 is 10.1 Å². The third-order valence-corrected chi connectivity index (χ3v) is 3.66. The molecule has 0 aromatic heterocycles. The molecule has 0 radical (unpaired) electrons. The number of carbonyl (C=O) groups excluding carboxylic acids is 2. The van der Waals surface area contributed by atoms with Crippen LogP contribution in [0, 0.1) is 6.92 Å². The summed E-state index contributed by atoms with van der Waals surface area (Å²) in [6.45, 7) is 3.43. The molecule has 2 aromatic rings. The van der Waals surface area contributed by atoms with Crippen molar-refractivity contribution < 1.29 is 19.1 Å². The Labute approximate surface area is 145 Å². The van der Waals surface area contributed by atoms with E-state index < -0.39 is 18.0 Å². The largest absolute Gasteiger partial charge is 0.495 e. The molecule has 1 N–H and O–H groups in total. The lowest BCUT2D eigenvalue weighted by Gasteiger charge is -2.14. The first kappa shape index (κ1) is 17.8. The number of rotatable bonds is 5. The molecule has 0 aliphatic rings. The highest BCUT2D eigenvalue weighted by atomic mass is 35.5. The van der Waals surface area contributed by atoms with Gasteiger partial charge in [0.2, 0.25) is 0 Å². The number of methoxy groups -OCH3 is 1. The Kier molecular flexibility index (Phi) is 5.82. The monoisotopic (exact) mass is 347 g/mol. The van der Waals surface area contributed by atoms with Crippen LogP contribution in [-0.4, -0.2) is 25.1 Å². The van der Waals surface area contributed by atoms with Gasteiger partial charge in [-0.1, -0.05) is 29.3 Å². The van der Waals surface area contributed by atoms with Gasteiger partial charge in [0.1, 0.15) is 5.75 Å². The van der Waals surface area contributed by atoms with Crippen molar-refractivity contribution in [2.75, 3.05) is 12.4 Å². The molecule has 126 valence electrons. The summed E-state index contributed by atoms with van der Waals surface area (Å²) in [6.07, 6.45) is -0.945. The second-order valence-corrected chi connectivity index (χ2v) is 5.66. The summed E-state index contributed by atoms with van der Waals surface area (Å²) in [5.41, 5.74) is 1.92. The molecule has 2 rings (SSSR count). The molecule has 0 heterocycles. The minimum absolute atomic E-state index is 0.375. The Morgan fingerprint density at radius 1 is 1.12 bits per heavy atom. The Bertz CT molecular complexity index is 743. The molecule has 0 bridgehead atoms. The molecule has 1 amide bonds. The van der Waals surface area contributed by atoms with E-state index in [9.17, 15) is 9.59 Å². The number of hydrogen-bond donors (Lipinski definition) is 1. The van der Waals surface area contributed by atoms with Crippen molar-refractivity contribution in [3.63, 3.8) is 0 Å². The van der Waals surface area contributed by atoms with Gasteiger partial charge in [0, 0.05) is 5.69 Å². The molecule has 2 aromatic carbocycles. The summed E-state index contributed by atoms with van der Waals surface area (Å²) in [4.78, 5) is 24.2. The van der Waals surface area contributed by atoms with Crippen molar-refractivity contribution in [3.8, 4) is 5.75 Å². The van der Waals surface area contributed by atoms with Gasteiger partial charge in [0.25, 0.3) is 5.91 Å². The Hall–Kier alpha value is -2.53. The van der Waals surface area contributed by atoms with Gasteiger partial charge in [-0.15, -0.1) is 0 Å². The van der Waals surface area contributed by atoms with E-state index in [0.717, 1.165) is 5.56 Å². The summed E-state index contributed by atoms with van der Waals surface area (Å²) in [5.74, 6) is -0.490. The van der Waals surface area contributed by atoms with Gasteiger partial charge in [0.15, 0.2) is 6.10 Å². The molecule has 0 saturated heterocycles. The number of benzene rings is 2. The summed E-state index contributed by atoms with van der Waals surface area (Å²) < 4.78 is 10.2. The average Bonchev–Trinajstić information content (AvgIpc) is 2.55. The molecule has 0 unspecified atom stereocenters. The van der Waals surface area contributed by atoms with Crippen LogP contribution in [0.1, 0.15) is 22.8 Å². The molecule has 24 heavy (non-hydrogen) atoms. The second kappa shape index (κ2) is 7.84. The van der Waals surface area contributed by atoms with E-state index in [1.807, 2.05) is 6.92 Å². The smallest absolute Gasteiger partial charge is 0.338 e. The first-order valence-corrected chi connectivity index (χ1v) is 7.70. The van der Waals surface area contributed by atoms with Gasteiger partial charge >= 0.3 is 5.97 Å². The molecule has 0 spiro atoms. The van der Waals surface area contributed by atoms with Crippen LogP contribution in [0.5, 0.6) is 5.75 Å². The van der Waals surface area contributed by atoms with E-state index in [-0.39, 0.29) is 0 Å². The fourth-order valence-electron chi connectivity index (χ4n) is 1.96. The normalized spacial score (nSPS) is 11.5. The zero-order valence-corrected chi connectivity index (χ0v) is 14.4. The van der Waals surface area contributed by atoms with Crippen LogP contribution in [0.4, 0.5) is 5.69 Å². The van der Waals surface area contributed by atoms with Crippen molar-refractivity contribution in [2.24, 2.45) is 0 Å². The fourth-order valence-corrected chi connectivity index (χ4v) is 2.22. The third-order valence-electron chi connectivity index (χ3n) is 3.36. The van der Waals surface area contributed by atoms with E-state index in [0.29, 0.717) is 22.0 Å². The second-order valence-electron chi connectivity index (χ2n) is 5.25. The van der Waals surface area contributed by atoms with Gasteiger partial charge < -0.3 is 14.8 Å². The van der Waals surface area contributed by atoms with E-state index in [2.05, 4.69) is 5.32 Å². The van der Waals surface area contributed by atoms with Crippen LogP contribution >= 0.6 is 11.6 Å². The van der Waals surface area contributed by atoms with Gasteiger partial charge in [-0.05, 0) is 44.2 Å². The lowest BCUT2D eigenvalue weighted by Crippen LogP contribution is -2.30. The SMILES string of the molecule is COc1ccc(NC(=O)[C@@H](C)OC(=O)c2ccc(C)cc2)cc1Cl. The van der Waals surface area contributed by atoms with Gasteiger partial charge in [-0.2, -0.15) is 0 Å². The molecular weight excluding hydrogens is 330 g/mol. The van der Waals surface area contributed by atoms with Gasteiger partial charge in [0.05, 0.1) is 17.7 Å². The van der Waals surface area contributed by atoms with E-state index >= 15 is 0 Å². The Morgan fingerprint density at radius 3 is 2.38 bits per heavy atom. The predicted molar refractivity (Wildman–Crippen MR) is 92.7 cm³/mol. The number of hydrogen-bond acceptors (Lipinski definition) is 4. The van der Waals surface area contributed by atoms with Crippen LogP contribution in [0.3, 0.4) is 0 Å². The zero-order chi connectivity index (χ0) is 17.7. The highest BCUT2D eigenvalue weighted by Gasteiger charge is 2.19. The van der Waals surface area contributed by atoms with Gasteiger partial charge in [-0.3, -0.25) is 4.79 Å². The lowest BCUT2D eigenvalue weighted by atomic mass is 10.1. The Balaban J connectivity index is 1.98. The van der Waals surface area contributed by atoms with Crippen molar-refractivity contribution in [1.82, 2.24) is 0 Å². The van der Waals surface area contributed by atoms with Crippen molar-refractivity contribution >= 4 is 29.2 Å². The summed E-state index contributed by atoms with van der Waals surface area (Å²) >= 11 is 6.01. The average molecular weight is 348 g/mol. The zero-order valence-electron chi connectivity index (χ0n) is 13.6. The Morgan fingerprint density at radius 2 is 1.79 bits per heavy atom. The molecule has 5 nitrogen and oxygen atoms in total. The first-order chi connectivity index (χ1) is 11.4. The minimum atomic E-state index is -0.945. The molecular formula is C18H18ClNO4. The number of carbonyl (C=O) groups is 2. The van der Waals surface area contributed by atoms with E-state index in [1.165, 1.54) is 14.0 Å². The number of nitrogens with one attached hydrogen (secondary N) is 1. The highest BCUT2D eigenvalue weighted by Crippen LogP contribution is 2.27. The van der Waals surface area contributed by atoms with E-state index in [4.69, 9.17) is 21.1 Å². The maximum Gasteiger partial charge on any atom is 0.338 e. The fraction of sp³-hybridized carbons (Fsp3) is 0.222. The topological polar surface area (TPSA) is 64.6 Å². The van der Waals surface area contributed by atoms with Gasteiger partial charge in [-0.25, -0.2) is 4.79 Å². The molecule has 0 saturated carbocycles. The van der Waals surface area contributed by atoms with Crippen LogP contribution in [-0.2, 0) is 9.53 Å². The summed E-state index contributed by atoms with van der Waals surface area (Å²) in [5, 5.41) is 3.02. The first-order valence-electron chi connectivity index (χ1n) is 7.32. The maximum absolute atomic E-state index is 12.1. The minimum Gasteiger partial charge on any atom is -0.495 e.